The molecule has 0 aliphatic rings. The standard InChI is InChI=1S/C27H26N2O4S2/c1-20(35(31,32)33)15-17-29-25-18-22-10-6-7-11-23(22)19-26(25)34-27(29)14-8-9-16-28(21(2)30)24-12-4-3-5-13-24/h3-14,16,18-20H,15,17H2,1-2H3. The normalized spacial score (nSPS) is 13.2. The third kappa shape index (κ3) is 5.85. The quantitative estimate of drug-likeness (QED) is 0.186. The Kier molecular flexibility index (Phi) is 7.45. The SMILES string of the molecule is CC(=O)N(/C=C/C=C/c1sc2cc3ccccc3cc2[n+]1CCC(C)S(=O)(=O)[O-])c1ccccc1. The first kappa shape index (κ1) is 24.8. The van der Waals surface area contributed by atoms with Crippen LogP contribution in [0, 0.1) is 0 Å². The van der Waals surface area contributed by atoms with Gasteiger partial charge in [-0.15, -0.1) is 0 Å². The summed E-state index contributed by atoms with van der Waals surface area (Å²) in [6.07, 6.45) is 7.52. The van der Waals surface area contributed by atoms with Crippen LogP contribution in [-0.2, 0) is 21.5 Å². The minimum absolute atomic E-state index is 0.0997. The summed E-state index contributed by atoms with van der Waals surface area (Å²) in [6.45, 7) is 3.36. The van der Waals surface area contributed by atoms with Gasteiger partial charge in [0.1, 0.15) is 4.70 Å². The second-order valence-electron chi connectivity index (χ2n) is 8.28. The number of aromatic nitrogens is 1. The van der Waals surface area contributed by atoms with Crippen LogP contribution in [0.5, 0.6) is 0 Å². The van der Waals surface area contributed by atoms with Gasteiger partial charge in [0.05, 0.1) is 15.4 Å². The molecule has 6 nitrogen and oxygen atoms in total. The lowest BCUT2D eigenvalue weighted by molar-refractivity contribution is -0.669. The van der Waals surface area contributed by atoms with Gasteiger partial charge < -0.3 is 4.55 Å². The number of anilines is 1. The highest BCUT2D eigenvalue weighted by Gasteiger charge is 2.21. The van der Waals surface area contributed by atoms with E-state index in [-0.39, 0.29) is 12.3 Å². The second kappa shape index (κ2) is 10.5. The van der Waals surface area contributed by atoms with Crippen molar-refractivity contribution in [2.45, 2.75) is 32.1 Å². The zero-order chi connectivity index (χ0) is 25.0. The number of rotatable bonds is 8. The van der Waals surface area contributed by atoms with E-state index in [2.05, 4.69) is 22.8 Å². The molecule has 0 fully saturated rings. The lowest BCUT2D eigenvalue weighted by Gasteiger charge is -2.15. The Morgan fingerprint density at radius 1 is 1.06 bits per heavy atom. The highest BCUT2D eigenvalue weighted by atomic mass is 32.2. The minimum atomic E-state index is -4.35. The maximum absolute atomic E-state index is 12.1. The van der Waals surface area contributed by atoms with Crippen molar-refractivity contribution in [3.63, 3.8) is 0 Å². The summed E-state index contributed by atoms with van der Waals surface area (Å²) in [4.78, 5) is 13.7. The van der Waals surface area contributed by atoms with Gasteiger partial charge in [0, 0.05) is 37.4 Å². The number of hydrogen-bond donors (Lipinski definition) is 0. The summed E-state index contributed by atoms with van der Waals surface area (Å²) in [6, 6.07) is 21.7. The highest BCUT2D eigenvalue weighted by molar-refractivity contribution is 7.86. The average Bonchev–Trinajstić information content (AvgIpc) is 3.16. The number of carbonyl (C=O) groups excluding carboxylic acids is 1. The van der Waals surface area contributed by atoms with Crippen LogP contribution in [0.2, 0.25) is 0 Å². The number of nitrogens with zero attached hydrogens (tertiary/aromatic N) is 2. The zero-order valence-electron chi connectivity index (χ0n) is 19.5. The summed E-state index contributed by atoms with van der Waals surface area (Å²) >= 11 is 1.59. The maximum atomic E-state index is 12.1. The van der Waals surface area contributed by atoms with E-state index in [1.165, 1.54) is 13.8 Å². The van der Waals surface area contributed by atoms with E-state index in [4.69, 9.17) is 0 Å². The van der Waals surface area contributed by atoms with Gasteiger partial charge in [-0.1, -0.05) is 59.9 Å². The molecule has 0 radical (unpaired) electrons. The molecule has 1 atom stereocenters. The summed E-state index contributed by atoms with van der Waals surface area (Å²) in [5, 5.41) is 2.16. The Hall–Kier alpha value is -3.33. The van der Waals surface area contributed by atoms with Crippen LogP contribution in [-0.4, -0.2) is 24.1 Å². The number of hydrogen-bond acceptors (Lipinski definition) is 5. The molecule has 4 aromatic rings. The van der Waals surface area contributed by atoms with E-state index in [9.17, 15) is 17.8 Å². The fraction of sp³-hybridized carbons (Fsp3) is 0.185. The molecule has 0 N–H and O–H groups in total. The molecule has 3 aromatic carbocycles. The van der Waals surface area contributed by atoms with Crippen molar-refractivity contribution < 1.29 is 22.3 Å². The van der Waals surface area contributed by atoms with E-state index >= 15 is 0 Å². The van der Waals surface area contributed by atoms with Crippen molar-refractivity contribution in [3.8, 4) is 0 Å². The molecule has 0 saturated heterocycles. The number of fused-ring (bicyclic) bond motifs is 2. The van der Waals surface area contributed by atoms with Gasteiger partial charge in [-0.25, -0.2) is 8.42 Å². The summed E-state index contributed by atoms with van der Waals surface area (Å²) in [5.41, 5.74) is 1.77. The summed E-state index contributed by atoms with van der Waals surface area (Å²) in [5.74, 6) is -0.0997. The number of benzene rings is 3. The Labute approximate surface area is 209 Å². The van der Waals surface area contributed by atoms with Crippen LogP contribution in [0.1, 0.15) is 25.3 Å². The molecular weight excluding hydrogens is 480 g/mol. The zero-order valence-corrected chi connectivity index (χ0v) is 21.1. The second-order valence-corrected chi connectivity index (χ2v) is 11.1. The highest BCUT2D eigenvalue weighted by Crippen LogP contribution is 2.27. The first-order valence-corrected chi connectivity index (χ1v) is 13.5. The Balaban J connectivity index is 1.68. The first-order chi connectivity index (χ1) is 16.7. The topological polar surface area (TPSA) is 81.4 Å². The molecule has 35 heavy (non-hydrogen) atoms. The van der Waals surface area contributed by atoms with Gasteiger partial charge >= 0.3 is 0 Å². The maximum Gasteiger partial charge on any atom is 0.262 e. The van der Waals surface area contributed by atoms with E-state index in [0.717, 1.165) is 31.7 Å². The monoisotopic (exact) mass is 506 g/mol. The minimum Gasteiger partial charge on any atom is -0.748 e. The largest absolute Gasteiger partial charge is 0.748 e. The average molecular weight is 507 g/mol. The number of para-hydroxylation sites is 1. The number of aryl methyl sites for hydroxylation is 1. The smallest absolute Gasteiger partial charge is 0.262 e. The number of allylic oxidation sites excluding steroid dienone is 2. The third-order valence-electron chi connectivity index (χ3n) is 5.81. The molecule has 1 heterocycles. The van der Waals surface area contributed by atoms with Crippen LogP contribution < -0.4 is 9.47 Å². The molecule has 0 spiro atoms. The van der Waals surface area contributed by atoms with E-state index in [0.29, 0.717) is 6.54 Å². The van der Waals surface area contributed by atoms with Crippen LogP contribution >= 0.6 is 11.3 Å². The molecule has 0 aliphatic heterocycles. The molecule has 1 aromatic heterocycles. The molecular formula is C27H26N2O4S2. The summed E-state index contributed by atoms with van der Waals surface area (Å²) in [7, 11) is -4.35. The van der Waals surface area contributed by atoms with E-state index in [1.54, 1.807) is 28.5 Å². The summed E-state index contributed by atoms with van der Waals surface area (Å²) < 4.78 is 37.5. The van der Waals surface area contributed by atoms with Gasteiger partial charge in [-0.2, -0.15) is 4.57 Å². The van der Waals surface area contributed by atoms with Gasteiger partial charge in [0.25, 0.3) is 5.01 Å². The number of amides is 1. The van der Waals surface area contributed by atoms with Crippen molar-refractivity contribution >= 4 is 60.1 Å². The van der Waals surface area contributed by atoms with Crippen molar-refractivity contribution in [1.29, 1.82) is 0 Å². The lowest BCUT2D eigenvalue weighted by atomic mass is 10.1. The van der Waals surface area contributed by atoms with Crippen LogP contribution in [0.3, 0.4) is 0 Å². The Morgan fingerprint density at radius 2 is 1.71 bits per heavy atom. The van der Waals surface area contributed by atoms with Crippen LogP contribution in [0.4, 0.5) is 5.69 Å². The lowest BCUT2D eigenvalue weighted by Crippen LogP contribution is -2.37. The molecule has 0 saturated carbocycles. The molecule has 1 amide bonds. The molecule has 1 unspecified atom stereocenters. The van der Waals surface area contributed by atoms with Gasteiger partial charge in [-0.05, 0) is 42.0 Å². The van der Waals surface area contributed by atoms with Gasteiger partial charge in [0.15, 0.2) is 6.54 Å². The van der Waals surface area contributed by atoms with Crippen molar-refractivity contribution in [2.75, 3.05) is 4.90 Å². The van der Waals surface area contributed by atoms with Crippen LogP contribution in [0.15, 0.2) is 85.1 Å². The number of thiazole rings is 1. The predicted molar refractivity (Wildman–Crippen MR) is 141 cm³/mol. The Morgan fingerprint density at radius 3 is 2.37 bits per heavy atom. The first-order valence-electron chi connectivity index (χ1n) is 11.2. The van der Waals surface area contributed by atoms with E-state index in [1.807, 2.05) is 60.7 Å². The third-order valence-corrected chi connectivity index (χ3v) is 8.14. The fourth-order valence-electron chi connectivity index (χ4n) is 3.83. The number of carbonyl (C=O) groups is 1. The van der Waals surface area contributed by atoms with Crippen molar-refractivity contribution in [3.05, 3.63) is 90.1 Å². The molecule has 0 aliphatic carbocycles. The Bertz CT molecular complexity index is 1520. The van der Waals surface area contributed by atoms with E-state index < -0.39 is 15.4 Å². The molecule has 0 bridgehead atoms. The molecule has 8 heteroatoms. The van der Waals surface area contributed by atoms with Gasteiger partial charge in [-0.3, -0.25) is 9.69 Å². The van der Waals surface area contributed by atoms with Crippen molar-refractivity contribution in [1.82, 2.24) is 0 Å². The van der Waals surface area contributed by atoms with Gasteiger partial charge in [0.2, 0.25) is 11.4 Å². The van der Waals surface area contributed by atoms with Crippen molar-refractivity contribution in [2.24, 2.45) is 0 Å². The molecule has 4 rings (SSSR count). The predicted octanol–water partition coefficient (Wildman–Crippen LogP) is 5.25. The van der Waals surface area contributed by atoms with Crippen LogP contribution in [0.25, 0.3) is 27.1 Å². The fourth-order valence-corrected chi connectivity index (χ4v) is 5.36. The molecule has 180 valence electrons.